The van der Waals surface area contributed by atoms with Gasteiger partial charge in [-0.05, 0) is 25.1 Å². The van der Waals surface area contributed by atoms with E-state index in [1.807, 2.05) is 0 Å². The smallest absolute Gasteiger partial charge is 0.277 e. The number of sulfone groups is 1. The van der Waals surface area contributed by atoms with Gasteiger partial charge in [-0.2, -0.15) is 0 Å². The summed E-state index contributed by atoms with van der Waals surface area (Å²) in [6.45, 7) is 1.83. The monoisotopic (exact) mass is 397 g/mol. The molecule has 1 aromatic carbocycles. The van der Waals surface area contributed by atoms with E-state index in [2.05, 4.69) is 10.6 Å². The molecule has 0 saturated heterocycles. The quantitative estimate of drug-likeness (QED) is 0.750. The van der Waals surface area contributed by atoms with Crippen molar-refractivity contribution in [3.05, 3.63) is 56.0 Å². The van der Waals surface area contributed by atoms with Gasteiger partial charge in [-0.25, -0.2) is 8.42 Å². The van der Waals surface area contributed by atoms with Crippen LogP contribution in [0.1, 0.15) is 27.2 Å². The van der Waals surface area contributed by atoms with E-state index in [0.29, 0.717) is 11.4 Å². The Morgan fingerprint density at radius 3 is 2.54 bits per heavy atom. The Bertz CT molecular complexity index is 1110. The summed E-state index contributed by atoms with van der Waals surface area (Å²) in [4.78, 5) is 30.1. The summed E-state index contributed by atoms with van der Waals surface area (Å²) in [6.07, 6.45) is 2.66. The standard InChI is InChI=1S/C16H16ClN3O5S/c1-8-12(16(22)20(2)18-8)15(21)9-4-5-11(26(3,23)24)13(14(9)17)10-6-7-25-19-10/h4-6,18-19H,7H2,1-3H3. The topological polar surface area (TPSA) is 110 Å². The number of hydrogen-bond donors (Lipinski definition) is 2. The van der Waals surface area contributed by atoms with Crippen molar-refractivity contribution in [1.82, 2.24) is 15.3 Å². The number of hydrogen-bond acceptors (Lipinski definition) is 6. The number of rotatable bonds is 4. The molecule has 3 rings (SSSR count). The summed E-state index contributed by atoms with van der Waals surface area (Å²) in [5.41, 5.74) is 2.98. The third-order valence-corrected chi connectivity index (χ3v) is 5.56. The fourth-order valence-corrected chi connectivity index (χ4v) is 4.13. The fourth-order valence-electron chi connectivity index (χ4n) is 2.82. The number of aryl methyl sites for hydroxylation is 2. The molecule has 26 heavy (non-hydrogen) atoms. The molecule has 8 nitrogen and oxygen atoms in total. The molecule has 0 atom stereocenters. The molecule has 0 amide bonds. The van der Waals surface area contributed by atoms with Gasteiger partial charge in [0.2, 0.25) is 5.78 Å². The zero-order valence-corrected chi connectivity index (χ0v) is 15.8. The van der Waals surface area contributed by atoms with Crippen molar-refractivity contribution in [2.75, 3.05) is 12.9 Å². The Kier molecular flexibility index (Phi) is 4.55. The Hall–Kier alpha value is -2.36. The van der Waals surface area contributed by atoms with Crippen molar-refractivity contribution < 1.29 is 18.0 Å². The first-order valence-corrected chi connectivity index (χ1v) is 9.81. The average molecular weight is 398 g/mol. The normalized spacial score (nSPS) is 14.2. The summed E-state index contributed by atoms with van der Waals surface area (Å²) >= 11 is 6.42. The molecule has 0 saturated carbocycles. The van der Waals surface area contributed by atoms with E-state index in [1.165, 1.54) is 23.9 Å². The van der Waals surface area contributed by atoms with Crippen molar-refractivity contribution in [3.63, 3.8) is 0 Å². The third-order valence-electron chi connectivity index (χ3n) is 4.03. The van der Waals surface area contributed by atoms with Crippen LogP contribution in [-0.4, -0.2) is 36.8 Å². The van der Waals surface area contributed by atoms with E-state index >= 15 is 0 Å². The van der Waals surface area contributed by atoms with Crippen LogP contribution in [0, 0.1) is 6.92 Å². The first kappa shape index (κ1) is 18.4. The maximum Gasteiger partial charge on any atom is 0.277 e. The molecule has 0 bridgehead atoms. The molecule has 1 aromatic heterocycles. The second-order valence-corrected chi connectivity index (χ2v) is 8.27. The number of halogens is 1. The van der Waals surface area contributed by atoms with Crippen LogP contribution in [0.15, 0.2) is 27.9 Å². The summed E-state index contributed by atoms with van der Waals surface area (Å²) in [5.74, 6) is -0.588. The molecule has 1 aliphatic rings. The first-order chi connectivity index (χ1) is 12.1. The van der Waals surface area contributed by atoms with Crippen LogP contribution in [0.5, 0.6) is 0 Å². The zero-order chi connectivity index (χ0) is 19.2. The molecule has 2 N–H and O–H groups in total. The Morgan fingerprint density at radius 1 is 1.35 bits per heavy atom. The van der Waals surface area contributed by atoms with Gasteiger partial charge in [0.15, 0.2) is 9.84 Å². The molecule has 0 spiro atoms. The Balaban J connectivity index is 2.26. The molecule has 0 aliphatic carbocycles. The Morgan fingerprint density at radius 2 is 2.04 bits per heavy atom. The van der Waals surface area contributed by atoms with Crippen LogP contribution < -0.4 is 11.0 Å². The van der Waals surface area contributed by atoms with Crippen LogP contribution in [0.3, 0.4) is 0 Å². The van der Waals surface area contributed by atoms with Gasteiger partial charge < -0.3 is 0 Å². The lowest BCUT2D eigenvalue weighted by molar-refractivity contribution is 0.103. The molecular weight excluding hydrogens is 382 g/mol. The van der Waals surface area contributed by atoms with Gasteiger partial charge in [-0.15, -0.1) is 0 Å². The van der Waals surface area contributed by atoms with Gasteiger partial charge >= 0.3 is 0 Å². The van der Waals surface area contributed by atoms with E-state index < -0.39 is 21.2 Å². The molecule has 0 fully saturated rings. The van der Waals surface area contributed by atoms with Crippen LogP contribution in [0.2, 0.25) is 5.02 Å². The van der Waals surface area contributed by atoms with Crippen molar-refractivity contribution in [2.45, 2.75) is 11.8 Å². The summed E-state index contributed by atoms with van der Waals surface area (Å²) in [6, 6.07) is 2.61. The number of ketones is 1. The van der Waals surface area contributed by atoms with Crippen molar-refractivity contribution >= 4 is 32.9 Å². The maximum atomic E-state index is 12.9. The summed E-state index contributed by atoms with van der Waals surface area (Å²) in [7, 11) is -2.12. The second-order valence-electron chi connectivity index (χ2n) is 5.91. The average Bonchev–Trinajstić information content (AvgIpc) is 3.14. The number of aromatic nitrogens is 2. The maximum absolute atomic E-state index is 12.9. The molecule has 138 valence electrons. The largest absolute Gasteiger partial charge is 0.299 e. The number of carbonyl (C=O) groups excluding carboxylic acids is 1. The van der Waals surface area contributed by atoms with E-state index in [9.17, 15) is 18.0 Å². The fraction of sp³-hybridized carbons (Fsp3) is 0.250. The predicted octanol–water partition coefficient (Wildman–Crippen LogP) is 1.19. The van der Waals surface area contributed by atoms with E-state index in [1.54, 1.807) is 13.0 Å². The number of H-pyrrole nitrogens is 1. The first-order valence-electron chi connectivity index (χ1n) is 7.54. The minimum absolute atomic E-state index is 0.0310. The molecule has 1 aliphatic heterocycles. The number of benzene rings is 1. The van der Waals surface area contributed by atoms with E-state index in [-0.39, 0.29) is 33.2 Å². The minimum atomic E-state index is -3.62. The van der Waals surface area contributed by atoms with Crippen LogP contribution >= 0.6 is 11.6 Å². The number of nitrogens with zero attached hydrogens (tertiary/aromatic N) is 1. The van der Waals surface area contributed by atoms with Crippen molar-refractivity contribution in [1.29, 1.82) is 0 Å². The van der Waals surface area contributed by atoms with Crippen LogP contribution in [0.4, 0.5) is 0 Å². The van der Waals surface area contributed by atoms with Crippen molar-refractivity contribution in [3.8, 4) is 0 Å². The van der Waals surface area contributed by atoms with Gasteiger partial charge in [-0.3, -0.25) is 29.7 Å². The number of nitrogens with one attached hydrogen (secondary N) is 2. The Labute approximate surface area is 154 Å². The SMILES string of the molecule is Cc1[nH]n(C)c(=O)c1C(=O)c1ccc(S(C)(=O)=O)c(C2=CCON2)c1Cl. The highest BCUT2D eigenvalue weighted by Gasteiger charge is 2.28. The lowest BCUT2D eigenvalue weighted by Gasteiger charge is -2.14. The van der Waals surface area contributed by atoms with Crippen LogP contribution in [-0.2, 0) is 21.7 Å². The highest BCUT2D eigenvalue weighted by atomic mass is 35.5. The van der Waals surface area contributed by atoms with E-state index in [4.69, 9.17) is 16.4 Å². The lowest BCUT2D eigenvalue weighted by atomic mass is 10.00. The number of hydroxylamine groups is 1. The minimum Gasteiger partial charge on any atom is -0.299 e. The van der Waals surface area contributed by atoms with Gasteiger partial charge in [-0.1, -0.05) is 11.6 Å². The summed E-state index contributed by atoms with van der Waals surface area (Å²) in [5, 5.41) is 2.69. The zero-order valence-electron chi connectivity index (χ0n) is 14.2. The molecule has 0 radical (unpaired) electrons. The second kappa shape index (κ2) is 6.42. The van der Waals surface area contributed by atoms with Gasteiger partial charge in [0.05, 0.1) is 22.2 Å². The highest BCUT2D eigenvalue weighted by Crippen LogP contribution is 2.34. The van der Waals surface area contributed by atoms with Gasteiger partial charge in [0.1, 0.15) is 5.56 Å². The van der Waals surface area contributed by atoms with Crippen LogP contribution in [0.25, 0.3) is 5.70 Å². The van der Waals surface area contributed by atoms with Gasteiger partial charge in [0.25, 0.3) is 5.56 Å². The predicted molar refractivity (Wildman–Crippen MR) is 95.8 cm³/mol. The van der Waals surface area contributed by atoms with Crippen molar-refractivity contribution in [2.24, 2.45) is 7.05 Å². The molecule has 0 unspecified atom stereocenters. The molecule has 2 heterocycles. The number of carbonyl (C=O) groups is 1. The summed E-state index contributed by atoms with van der Waals surface area (Å²) < 4.78 is 25.4. The lowest BCUT2D eigenvalue weighted by Crippen LogP contribution is -2.20. The third kappa shape index (κ3) is 2.98. The highest BCUT2D eigenvalue weighted by molar-refractivity contribution is 7.90. The molecule has 10 heteroatoms. The molecule has 2 aromatic rings. The van der Waals surface area contributed by atoms with E-state index in [0.717, 1.165) is 6.26 Å². The molecular formula is C16H16ClN3O5S. The van der Waals surface area contributed by atoms with Gasteiger partial charge in [0, 0.05) is 30.1 Å². The number of aromatic amines is 1.